The van der Waals surface area contributed by atoms with Gasteiger partial charge in [0.1, 0.15) is 0 Å². The van der Waals surface area contributed by atoms with Gasteiger partial charge in [-0.25, -0.2) is 4.90 Å². The summed E-state index contributed by atoms with van der Waals surface area (Å²) in [5, 5.41) is 10.9. The van der Waals surface area contributed by atoms with Crippen LogP contribution in [0.3, 0.4) is 0 Å². The van der Waals surface area contributed by atoms with E-state index in [2.05, 4.69) is 12.2 Å². The molecule has 1 aliphatic heterocycles. The predicted octanol–water partition coefficient (Wildman–Crippen LogP) is 2.30. The molecule has 5 rings (SSSR count). The highest BCUT2D eigenvalue weighted by Crippen LogP contribution is 2.73. The summed E-state index contributed by atoms with van der Waals surface area (Å²) in [7, 11) is 0. The minimum Gasteiger partial charge on any atom is -0.274 e. The predicted molar refractivity (Wildman–Crippen MR) is 80.4 cm³/mol. The van der Waals surface area contributed by atoms with E-state index in [4.69, 9.17) is 0 Å². The fourth-order valence-electron chi connectivity index (χ4n) is 5.08. The molecule has 23 heavy (non-hydrogen) atoms. The number of rotatable bonds is 2. The standard InChI is InChI=1S/C17H14N2O4/c20-15-13-11-4-5-12(17(11)6-7-17)14(13)16(21)18(15)9-2-1-3-10(8-9)19(22)23/h1-5,8,11-14H,6-7H2/t11-,12+,13-,14-/m0/s1. The molecular formula is C17H14N2O4. The molecule has 0 N–H and O–H groups in total. The van der Waals surface area contributed by atoms with Crippen molar-refractivity contribution in [2.45, 2.75) is 12.8 Å². The number of nitro benzene ring substituents is 1. The molecule has 6 heteroatoms. The van der Waals surface area contributed by atoms with Gasteiger partial charge in [0.2, 0.25) is 11.8 Å². The van der Waals surface area contributed by atoms with Crippen LogP contribution in [0.4, 0.5) is 11.4 Å². The Labute approximate surface area is 131 Å². The second-order valence-electron chi connectivity index (χ2n) is 7.01. The molecule has 6 nitrogen and oxygen atoms in total. The van der Waals surface area contributed by atoms with Crippen molar-refractivity contribution in [3.63, 3.8) is 0 Å². The molecule has 0 radical (unpaired) electrons. The summed E-state index contributed by atoms with van der Waals surface area (Å²) in [4.78, 5) is 37.4. The molecule has 2 saturated carbocycles. The summed E-state index contributed by atoms with van der Waals surface area (Å²) in [6.07, 6.45) is 6.42. The zero-order valence-corrected chi connectivity index (χ0v) is 12.2. The smallest absolute Gasteiger partial charge is 0.271 e. The lowest BCUT2D eigenvalue weighted by Gasteiger charge is -2.21. The van der Waals surface area contributed by atoms with Crippen molar-refractivity contribution in [2.75, 3.05) is 4.90 Å². The van der Waals surface area contributed by atoms with Gasteiger partial charge in [0.05, 0.1) is 22.4 Å². The molecule has 1 spiro atoms. The van der Waals surface area contributed by atoms with Crippen LogP contribution >= 0.6 is 0 Å². The van der Waals surface area contributed by atoms with Crippen LogP contribution in [0.5, 0.6) is 0 Å². The number of hydrogen-bond acceptors (Lipinski definition) is 4. The normalized spacial score (nSPS) is 35.2. The summed E-state index contributed by atoms with van der Waals surface area (Å²) >= 11 is 0. The van der Waals surface area contributed by atoms with Crippen LogP contribution in [0.1, 0.15) is 12.8 Å². The van der Waals surface area contributed by atoms with Crippen LogP contribution in [-0.2, 0) is 9.59 Å². The third kappa shape index (κ3) is 1.39. The summed E-state index contributed by atoms with van der Waals surface area (Å²) in [6, 6.07) is 5.77. The van der Waals surface area contributed by atoms with Gasteiger partial charge < -0.3 is 0 Å². The molecule has 0 unspecified atom stereocenters. The van der Waals surface area contributed by atoms with Crippen molar-refractivity contribution in [3.05, 3.63) is 46.5 Å². The first kappa shape index (κ1) is 13.0. The van der Waals surface area contributed by atoms with Crippen LogP contribution < -0.4 is 4.90 Å². The van der Waals surface area contributed by atoms with E-state index < -0.39 is 4.92 Å². The number of non-ortho nitro benzene ring substituents is 1. The zero-order valence-electron chi connectivity index (χ0n) is 12.2. The van der Waals surface area contributed by atoms with E-state index >= 15 is 0 Å². The number of fused-ring (bicyclic) bond motifs is 3. The third-order valence-corrected chi connectivity index (χ3v) is 6.15. The number of anilines is 1. The molecule has 2 amide bonds. The Kier molecular flexibility index (Phi) is 2.19. The van der Waals surface area contributed by atoms with Crippen molar-refractivity contribution >= 4 is 23.2 Å². The summed E-state index contributed by atoms with van der Waals surface area (Å²) in [6.45, 7) is 0. The van der Waals surface area contributed by atoms with Crippen molar-refractivity contribution in [2.24, 2.45) is 29.1 Å². The molecule has 3 fully saturated rings. The Balaban J connectivity index is 1.56. The minimum absolute atomic E-state index is 0.111. The molecule has 2 bridgehead atoms. The van der Waals surface area contributed by atoms with Gasteiger partial charge in [0.15, 0.2) is 0 Å². The lowest BCUT2D eigenvalue weighted by molar-refractivity contribution is -0.384. The summed E-state index contributed by atoms with van der Waals surface area (Å²) in [5.41, 5.74) is 0.364. The van der Waals surface area contributed by atoms with Crippen LogP contribution in [0.2, 0.25) is 0 Å². The van der Waals surface area contributed by atoms with Gasteiger partial charge >= 0.3 is 0 Å². The van der Waals surface area contributed by atoms with Crippen molar-refractivity contribution in [1.29, 1.82) is 0 Å². The molecule has 1 aromatic carbocycles. The van der Waals surface area contributed by atoms with E-state index in [1.54, 1.807) is 6.07 Å². The lowest BCUT2D eigenvalue weighted by atomic mass is 9.85. The van der Waals surface area contributed by atoms with Crippen LogP contribution in [0, 0.1) is 39.2 Å². The Hall–Kier alpha value is -2.50. The molecule has 1 saturated heterocycles. The van der Waals surface area contributed by atoms with Crippen molar-refractivity contribution in [3.8, 4) is 0 Å². The Morgan fingerprint density at radius 3 is 2.22 bits per heavy atom. The van der Waals surface area contributed by atoms with Gasteiger partial charge in [0, 0.05) is 12.1 Å². The monoisotopic (exact) mass is 310 g/mol. The highest BCUT2D eigenvalue weighted by atomic mass is 16.6. The van der Waals surface area contributed by atoms with Crippen LogP contribution in [0.25, 0.3) is 0 Å². The maximum Gasteiger partial charge on any atom is 0.271 e. The number of nitro groups is 1. The largest absolute Gasteiger partial charge is 0.274 e. The number of carbonyl (C=O) groups excluding carboxylic acids is 2. The van der Waals surface area contributed by atoms with Gasteiger partial charge in [-0.15, -0.1) is 0 Å². The van der Waals surface area contributed by atoms with Gasteiger partial charge in [-0.05, 0) is 36.2 Å². The molecule has 4 aliphatic rings. The fraction of sp³-hybridized carbons (Fsp3) is 0.412. The number of imide groups is 1. The van der Waals surface area contributed by atoms with E-state index in [0.29, 0.717) is 5.69 Å². The molecule has 116 valence electrons. The molecular weight excluding hydrogens is 296 g/mol. The first-order chi connectivity index (χ1) is 11.0. The number of allylic oxidation sites excluding steroid dienone is 2. The lowest BCUT2D eigenvalue weighted by Crippen LogP contribution is -2.34. The van der Waals surface area contributed by atoms with E-state index in [1.165, 1.54) is 23.1 Å². The van der Waals surface area contributed by atoms with Crippen molar-refractivity contribution < 1.29 is 14.5 Å². The SMILES string of the molecule is O=C1[C@@H]2[C@@H](C(=O)N1c1cccc([N+](=O)[O-])c1)[C@@H]1C=C[C@H]2C12CC2. The van der Waals surface area contributed by atoms with Gasteiger partial charge in [-0.1, -0.05) is 18.2 Å². The number of benzene rings is 1. The number of amides is 2. The maximum atomic E-state index is 12.9. The van der Waals surface area contributed by atoms with E-state index in [1.807, 2.05) is 0 Å². The molecule has 1 aromatic rings. The quantitative estimate of drug-likeness (QED) is 0.363. The Morgan fingerprint density at radius 2 is 1.70 bits per heavy atom. The second kappa shape index (κ2) is 3.88. The highest BCUT2D eigenvalue weighted by Gasteiger charge is 2.73. The minimum atomic E-state index is -0.514. The third-order valence-electron chi connectivity index (χ3n) is 6.15. The molecule has 4 atom stereocenters. The van der Waals surface area contributed by atoms with Crippen molar-refractivity contribution in [1.82, 2.24) is 0 Å². The molecule has 1 heterocycles. The van der Waals surface area contributed by atoms with E-state index in [9.17, 15) is 19.7 Å². The van der Waals surface area contributed by atoms with Crippen LogP contribution in [0.15, 0.2) is 36.4 Å². The topological polar surface area (TPSA) is 80.5 Å². The Morgan fingerprint density at radius 1 is 1.09 bits per heavy atom. The van der Waals surface area contributed by atoms with Gasteiger partial charge in [-0.2, -0.15) is 0 Å². The highest BCUT2D eigenvalue weighted by molar-refractivity contribution is 6.23. The first-order valence-corrected chi connectivity index (χ1v) is 7.85. The van der Waals surface area contributed by atoms with Gasteiger partial charge in [-0.3, -0.25) is 19.7 Å². The average Bonchev–Trinajstić information content (AvgIpc) is 3.13. The number of nitrogens with zero attached hydrogens (tertiary/aromatic N) is 2. The maximum absolute atomic E-state index is 12.9. The van der Waals surface area contributed by atoms with E-state index in [0.717, 1.165) is 12.8 Å². The summed E-state index contributed by atoms with van der Waals surface area (Å²) < 4.78 is 0. The molecule has 0 aromatic heterocycles. The zero-order chi connectivity index (χ0) is 15.9. The average molecular weight is 310 g/mol. The molecule has 3 aliphatic carbocycles. The summed E-state index contributed by atoms with van der Waals surface area (Å²) in [5.74, 6) is -0.610. The second-order valence-corrected chi connectivity index (χ2v) is 7.01. The Bertz CT molecular complexity index is 777. The van der Waals surface area contributed by atoms with Gasteiger partial charge in [0.25, 0.3) is 5.69 Å². The number of hydrogen-bond donors (Lipinski definition) is 0. The first-order valence-electron chi connectivity index (χ1n) is 7.85. The van der Waals surface area contributed by atoms with E-state index in [-0.39, 0.29) is 46.6 Å². The fourth-order valence-corrected chi connectivity index (χ4v) is 5.08. The van der Waals surface area contributed by atoms with Crippen LogP contribution in [-0.4, -0.2) is 16.7 Å². The number of carbonyl (C=O) groups is 2.